The molecule has 22 heavy (non-hydrogen) atoms. The predicted molar refractivity (Wildman–Crippen MR) is 85.4 cm³/mol. The van der Waals surface area contributed by atoms with E-state index >= 15 is 0 Å². The number of hydrogen-bond donors (Lipinski definition) is 1. The quantitative estimate of drug-likeness (QED) is 0.924. The molecule has 2 aromatic heterocycles. The van der Waals surface area contributed by atoms with Gasteiger partial charge >= 0.3 is 0 Å². The van der Waals surface area contributed by atoms with Gasteiger partial charge in [-0.2, -0.15) is 0 Å². The van der Waals surface area contributed by atoms with Gasteiger partial charge in [-0.25, -0.2) is 9.97 Å². The van der Waals surface area contributed by atoms with Crippen LogP contribution in [0.1, 0.15) is 18.5 Å². The molecule has 0 saturated carbocycles. The molecule has 2 aromatic rings. The van der Waals surface area contributed by atoms with Crippen molar-refractivity contribution >= 4 is 5.82 Å². The van der Waals surface area contributed by atoms with Crippen LogP contribution in [0, 0.1) is 0 Å². The van der Waals surface area contributed by atoms with Gasteiger partial charge in [0.1, 0.15) is 5.82 Å². The molecule has 0 aromatic carbocycles. The molecule has 2 N–H and O–H groups in total. The summed E-state index contributed by atoms with van der Waals surface area (Å²) in [6.07, 6.45) is 5.49. The van der Waals surface area contributed by atoms with Crippen LogP contribution in [-0.4, -0.2) is 41.2 Å². The van der Waals surface area contributed by atoms with Gasteiger partial charge in [0.25, 0.3) is 0 Å². The number of hydrogen-bond acceptors (Lipinski definition) is 6. The second-order valence-electron chi connectivity index (χ2n) is 5.53. The second-order valence-corrected chi connectivity index (χ2v) is 5.53. The number of pyridine rings is 1. The number of nitrogens with two attached hydrogens (primary N) is 1. The van der Waals surface area contributed by atoms with Crippen molar-refractivity contribution in [3.8, 4) is 11.4 Å². The number of rotatable bonds is 4. The van der Waals surface area contributed by atoms with Crippen LogP contribution in [0.15, 0.2) is 30.6 Å². The summed E-state index contributed by atoms with van der Waals surface area (Å²) in [6.45, 7) is 2.34. The largest absolute Gasteiger partial charge is 0.378 e. The molecule has 1 fully saturated rings. The Morgan fingerprint density at radius 2 is 1.95 bits per heavy atom. The first-order chi connectivity index (χ1) is 10.8. The van der Waals surface area contributed by atoms with Crippen LogP contribution in [0.5, 0.6) is 0 Å². The van der Waals surface area contributed by atoms with Gasteiger partial charge in [0, 0.05) is 50.3 Å². The van der Waals surface area contributed by atoms with Crippen molar-refractivity contribution in [2.75, 3.05) is 25.1 Å². The van der Waals surface area contributed by atoms with Crippen molar-refractivity contribution in [1.82, 2.24) is 15.0 Å². The molecule has 1 aliphatic heterocycles. The molecule has 0 aliphatic carbocycles. The monoisotopic (exact) mass is 299 g/mol. The van der Waals surface area contributed by atoms with Gasteiger partial charge in [-0.3, -0.25) is 4.98 Å². The standard InChI is InChI=1S/C16H21N5O/c1-22-11-14-10-15(21-8-4-13(17)5-9-21)20-16(19-14)12-2-6-18-7-3-12/h2-3,6-7,10,13H,4-5,8-9,11,17H2,1H3. The van der Waals surface area contributed by atoms with E-state index in [1.165, 1.54) is 0 Å². The molecule has 1 saturated heterocycles. The van der Waals surface area contributed by atoms with Crippen molar-refractivity contribution in [3.05, 3.63) is 36.3 Å². The van der Waals surface area contributed by atoms with Crippen LogP contribution < -0.4 is 10.6 Å². The summed E-state index contributed by atoms with van der Waals surface area (Å²) >= 11 is 0. The van der Waals surface area contributed by atoms with E-state index in [-0.39, 0.29) is 0 Å². The van der Waals surface area contributed by atoms with Gasteiger partial charge in [0.2, 0.25) is 0 Å². The Labute approximate surface area is 130 Å². The second kappa shape index (κ2) is 6.81. The van der Waals surface area contributed by atoms with E-state index < -0.39 is 0 Å². The van der Waals surface area contributed by atoms with Gasteiger partial charge in [0.05, 0.1) is 12.3 Å². The number of methoxy groups -OCH3 is 1. The Bertz CT molecular complexity index is 611. The average molecular weight is 299 g/mol. The number of nitrogens with zero attached hydrogens (tertiary/aromatic N) is 4. The Morgan fingerprint density at radius 1 is 1.23 bits per heavy atom. The van der Waals surface area contributed by atoms with E-state index in [2.05, 4.69) is 14.9 Å². The zero-order chi connectivity index (χ0) is 15.4. The van der Waals surface area contributed by atoms with Crippen molar-refractivity contribution in [1.29, 1.82) is 0 Å². The molecule has 3 rings (SSSR count). The molecular weight excluding hydrogens is 278 g/mol. The number of ether oxygens (including phenoxy) is 1. The molecule has 0 radical (unpaired) electrons. The fourth-order valence-corrected chi connectivity index (χ4v) is 2.63. The summed E-state index contributed by atoms with van der Waals surface area (Å²) in [5, 5.41) is 0. The van der Waals surface area contributed by atoms with Gasteiger partial charge < -0.3 is 15.4 Å². The first kappa shape index (κ1) is 14.9. The number of piperidine rings is 1. The minimum Gasteiger partial charge on any atom is -0.378 e. The van der Waals surface area contributed by atoms with E-state index in [0.29, 0.717) is 18.5 Å². The third-order valence-corrected chi connectivity index (χ3v) is 3.86. The highest BCUT2D eigenvalue weighted by Gasteiger charge is 2.19. The fraction of sp³-hybridized carbons (Fsp3) is 0.438. The Kier molecular flexibility index (Phi) is 4.60. The van der Waals surface area contributed by atoms with Crippen molar-refractivity contribution in [3.63, 3.8) is 0 Å². The first-order valence-electron chi connectivity index (χ1n) is 7.54. The van der Waals surface area contributed by atoms with Gasteiger partial charge in [-0.05, 0) is 25.0 Å². The third kappa shape index (κ3) is 3.40. The topological polar surface area (TPSA) is 77.2 Å². The molecule has 1 aliphatic rings. The average Bonchev–Trinajstić information content (AvgIpc) is 2.56. The van der Waals surface area contributed by atoms with Crippen LogP contribution in [0.2, 0.25) is 0 Å². The maximum absolute atomic E-state index is 5.99. The summed E-state index contributed by atoms with van der Waals surface area (Å²) in [6, 6.07) is 6.14. The smallest absolute Gasteiger partial charge is 0.161 e. The van der Waals surface area contributed by atoms with Gasteiger partial charge in [-0.1, -0.05) is 0 Å². The zero-order valence-electron chi connectivity index (χ0n) is 12.8. The van der Waals surface area contributed by atoms with Crippen LogP contribution in [0.3, 0.4) is 0 Å². The van der Waals surface area contributed by atoms with Crippen LogP contribution in [0.4, 0.5) is 5.82 Å². The lowest BCUT2D eigenvalue weighted by atomic mass is 10.1. The predicted octanol–water partition coefficient (Wildman–Crippen LogP) is 1.61. The summed E-state index contributed by atoms with van der Waals surface area (Å²) in [5.74, 6) is 1.66. The zero-order valence-corrected chi connectivity index (χ0v) is 12.8. The minimum absolute atomic E-state index is 0.302. The molecular formula is C16H21N5O. The Balaban J connectivity index is 1.93. The lowest BCUT2D eigenvalue weighted by molar-refractivity contribution is 0.181. The summed E-state index contributed by atoms with van der Waals surface area (Å²) in [4.78, 5) is 15.6. The van der Waals surface area contributed by atoms with Crippen LogP contribution in [-0.2, 0) is 11.3 Å². The third-order valence-electron chi connectivity index (χ3n) is 3.86. The summed E-state index contributed by atoms with van der Waals surface area (Å²) < 4.78 is 5.24. The van der Waals surface area contributed by atoms with Crippen LogP contribution >= 0.6 is 0 Å². The van der Waals surface area contributed by atoms with E-state index in [9.17, 15) is 0 Å². The van der Waals surface area contributed by atoms with Crippen LogP contribution in [0.25, 0.3) is 11.4 Å². The minimum atomic E-state index is 0.302. The maximum Gasteiger partial charge on any atom is 0.161 e. The highest BCUT2D eigenvalue weighted by Crippen LogP contribution is 2.22. The number of aromatic nitrogens is 3. The van der Waals surface area contributed by atoms with E-state index in [4.69, 9.17) is 15.5 Å². The summed E-state index contributed by atoms with van der Waals surface area (Å²) in [7, 11) is 1.67. The molecule has 3 heterocycles. The van der Waals surface area contributed by atoms with E-state index in [0.717, 1.165) is 43.0 Å². The van der Waals surface area contributed by atoms with E-state index in [1.54, 1.807) is 19.5 Å². The molecule has 6 heteroatoms. The first-order valence-corrected chi connectivity index (χ1v) is 7.54. The van der Waals surface area contributed by atoms with Gasteiger partial charge in [-0.15, -0.1) is 0 Å². The lowest BCUT2D eigenvalue weighted by Gasteiger charge is -2.31. The molecule has 0 unspecified atom stereocenters. The molecule has 0 atom stereocenters. The SMILES string of the molecule is COCc1cc(N2CCC(N)CC2)nc(-c2ccncc2)n1. The lowest BCUT2D eigenvalue weighted by Crippen LogP contribution is -2.40. The van der Waals surface area contributed by atoms with Crippen molar-refractivity contribution < 1.29 is 4.74 Å². The van der Waals surface area contributed by atoms with E-state index in [1.807, 2.05) is 18.2 Å². The number of anilines is 1. The van der Waals surface area contributed by atoms with Gasteiger partial charge in [0.15, 0.2) is 5.82 Å². The molecule has 0 spiro atoms. The molecule has 0 bridgehead atoms. The maximum atomic E-state index is 5.99. The highest BCUT2D eigenvalue weighted by molar-refractivity contribution is 5.57. The Morgan fingerprint density at radius 3 is 2.64 bits per heavy atom. The molecule has 116 valence electrons. The fourth-order valence-electron chi connectivity index (χ4n) is 2.63. The Hall–Kier alpha value is -2.05. The highest BCUT2D eigenvalue weighted by atomic mass is 16.5. The van der Waals surface area contributed by atoms with Crippen molar-refractivity contribution in [2.45, 2.75) is 25.5 Å². The molecule has 0 amide bonds. The normalized spacial score (nSPS) is 16.0. The summed E-state index contributed by atoms with van der Waals surface area (Å²) in [5.41, 5.74) is 7.83. The van der Waals surface area contributed by atoms with Crippen molar-refractivity contribution in [2.24, 2.45) is 5.73 Å². The molecule has 6 nitrogen and oxygen atoms in total.